The number of ether oxygens (including phenoxy) is 1. The summed E-state index contributed by atoms with van der Waals surface area (Å²) in [6.45, 7) is 1.76. The number of nitrogens with one attached hydrogen (secondary N) is 1. The lowest BCUT2D eigenvalue weighted by atomic mass is 9.95. The number of halogens is 3. The van der Waals surface area contributed by atoms with Crippen molar-refractivity contribution in [1.29, 1.82) is 0 Å². The van der Waals surface area contributed by atoms with E-state index in [9.17, 15) is 22.8 Å². The first-order chi connectivity index (χ1) is 14.3. The van der Waals surface area contributed by atoms with Crippen LogP contribution in [0, 0.1) is 0 Å². The fourth-order valence-electron chi connectivity index (χ4n) is 3.50. The summed E-state index contributed by atoms with van der Waals surface area (Å²) in [4.78, 5) is 24.7. The predicted molar refractivity (Wildman–Crippen MR) is 106 cm³/mol. The Balaban J connectivity index is 1.64. The predicted octanol–water partition coefficient (Wildman–Crippen LogP) is 4.24. The van der Waals surface area contributed by atoms with Gasteiger partial charge in [-0.1, -0.05) is 36.4 Å². The molecule has 160 valence electrons. The van der Waals surface area contributed by atoms with Crippen LogP contribution in [-0.4, -0.2) is 36.0 Å². The number of alkyl halides is 3. The molecule has 1 unspecified atom stereocenters. The van der Waals surface area contributed by atoms with Crippen LogP contribution < -0.4 is 5.32 Å². The number of anilines is 1. The monoisotopic (exact) mass is 420 g/mol. The number of benzene rings is 2. The second kappa shape index (κ2) is 9.30. The van der Waals surface area contributed by atoms with E-state index < -0.39 is 12.1 Å². The van der Waals surface area contributed by atoms with Gasteiger partial charge in [0.15, 0.2) is 0 Å². The first kappa shape index (κ1) is 21.8. The molecule has 0 spiro atoms. The number of nitrogens with zero attached hydrogens (tertiary/aromatic N) is 1. The molecule has 2 aromatic rings. The Kier molecular flexibility index (Phi) is 6.77. The molecule has 0 radical (unpaired) electrons. The molecule has 0 aromatic heterocycles. The van der Waals surface area contributed by atoms with Gasteiger partial charge in [-0.05, 0) is 42.2 Å². The van der Waals surface area contributed by atoms with E-state index >= 15 is 0 Å². The minimum Gasteiger partial charge on any atom is -0.373 e. The van der Waals surface area contributed by atoms with Crippen molar-refractivity contribution in [3.63, 3.8) is 0 Å². The number of fused-ring (bicyclic) bond motifs is 1. The second-order valence-electron chi connectivity index (χ2n) is 7.08. The highest BCUT2D eigenvalue weighted by molar-refractivity contribution is 5.91. The average Bonchev–Trinajstić information content (AvgIpc) is 2.71. The van der Waals surface area contributed by atoms with Gasteiger partial charge in [-0.3, -0.25) is 9.59 Å². The van der Waals surface area contributed by atoms with Crippen molar-refractivity contribution in [2.24, 2.45) is 0 Å². The van der Waals surface area contributed by atoms with Gasteiger partial charge in [0.1, 0.15) is 0 Å². The highest BCUT2D eigenvalue weighted by Crippen LogP contribution is 2.30. The molecule has 0 bridgehead atoms. The molecular formula is C22H23F3N2O3. The Morgan fingerprint density at radius 1 is 1.17 bits per heavy atom. The number of carbonyl (C=O) groups excluding carboxylic acids is 2. The molecule has 0 saturated carbocycles. The van der Waals surface area contributed by atoms with Crippen LogP contribution in [0.3, 0.4) is 0 Å². The molecule has 1 heterocycles. The van der Waals surface area contributed by atoms with Crippen molar-refractivity contribution in [2.75, 3.05) is 18.5 Å². The van der Waals surface area contributed by atoms with Gasteiger partial charge >= 0.3 is 12.1 Å². The Morgan fingerprint density at radius 3 is 2.67 bits per heavy atom. The van der Waals surface area contributed by atoms with Crippen molar-refractivity contribution < 1.29 is 27.5 Å². The van der Waals surface area contributed by atoms with E-state index in [1.807, 2.05) is 24.3 Å². The number of hydrogen-bond donors (Lipinski definition) is 1. The van der Waals surface area contributed by atoms with E-state index in [1.54, 1.807) is 24.3 Å². The van der Waals surface area contributed by atoms with Crippen molar-refractivity contribution in [2.45, 2.75) is 38.6 Å². The minimum absolute atomic E-state index is 0.0760. The maximum Gasteiger partial charge on any atom is 0.471 e. The largest absolute Gasteiger partial charge is 0.471 e. The quantitative estimate of drug-likeness (QED) is 0.761. The summed E-state index contributed by atoms with van der Waals surface area (Å²) in [5.41, 5.74) is 3.11. The molecule has 5 nitrogen and oxygen atoms in total. The molecule has 0 aliphatic carbocycles. The van der Waals surface area contributed by atoms with Crippen molar-refractivity contribution >= 4 is 17.5 Å². The molecule has 0 fully saturated rings. The summed E-state index contributed by atoms with van der Waals surface area (Å²) in [5, 5.41) is 2.77. The third-order valence-electron chi connectivity index (χ3n) is 4.96. The van der Waals surface area contributed by atoms with Gasteiger partial charge in [0.05, 0.1) is 19.1 Å². The van der Waals surface area contributed by atoms with Gasteiger partial charge in [-0.15, -0.1) is 0 Å². The SMILES string of the molecule is CCN(Cc1cccc(NC(=O)CC2OCCc3ccccc32)c1)C(=O)C(F)(F)F. The van der Waals surface area contributed by atoms with Gasteiger partial charge in [-0.2, -0.15) is 13.2 Å². The first-order valence-electron chi connectivity index (χ1n) is 9.72. The Labute approximate surface area is 172 Å². The highest BCUT2D eigenvalue weighted by atomic mass is 19.4. The van der Waals surface area contributed by atoms with E-state index in [2.05, 4.69) is 5.32 Å². The normalized spacial score (nSPS) is 15.9. The van der Waals surface area contributed by atoms with Crippen LogP contribution in [0.4, 0.5) is 18.9 Å². The van der Waals surface area contributed by atoms with E-state index in [1.165, 1.54) is 6.92 Å². The van der Waals surface area contributed by atoms with E-state index in [4.69, 9.17) is 4.74 Å². The third kappa shape index (κ3) is 5.38. The smallest absolute Gasteiger partial charge is 0.373 e. The lowest BCUT2D eigenvalue weighted by molar-refractivity contribution is -0.185. The summed E-state index contributed by atoms with van der Waals surface area (Å²) >= 11 is 0. The standard InChI is InChI=1S/C22H23F3N2O3/c1-2-27(21(29)22(23,24)25)14-15-6-5-8-17(12-15)26-20(28)13-19-18-9-4-3-7-16(18)10-11-30-19/h3-9,12,19H,2,10-11,13-14H2,1H3,(H,26,28). The molecule has 0 saturated heterocycles. The zero-order chi connectivity index (χ0) is 21.7. The zero-order valence-electron chi connectivity index (χ0n) is 16.5. The second-order valence-corrected chi connectivity index (χ2v) is 7.08. The fourth-order valence-corrected chi connectivity index (χ4v) is 3.50. The molecule has 3 rings (SSSR count). The lowest BCUT2D eigenvalue weighted by Gasteiger charge is -2.25. The van der Waals surface area contributed by atoms with Gasteiger partial charge in [-0.25, -0.2) is 0 Å². The molecule has 1 aliphatic rings. The Morgan fingerprint density at radius 2 is 1.93 bits per heavy atom. The molecule has 2 amide bonds. The maximum atomic E-state index is 12.7. The van der Waals surface area contributed by atoms with Gasteiger partial charge in [0.25, 0.3) is 0 Å². The fraction of sp³-hybridized carbons (Fsp3) is 0.364. The van der Waals surface area contributed by atoms with E-state index in [0.717, 1.165) is 17.5 Å². The Bertz CT molecular complexity index is 914. The minimum atomic E-state index is -4.92. The van der Waals surface area contributed by atoms with Gasteiger partial charge in [0, 0.05) is 18.8 Å². The van der Waals surface area contributed by atoms with Crippen LogP contribution in [0.15, 0.2) is 48.5 Å². The molecule has 1 atom stereocenters. The van der Waals surface area contributed by atoms with Crippen molar-refractivity contribution in [3.8, 4) is 0 Å². The van der Waals surface area contributed by atoms with Crippen LogP contribution in [0.1, 0.15) is 36.1 Å². The highest BCUT2D eigenvalue weighted by Gasteiger charge is 2.41. The average molecular weight is 420 g/mol. The first-order valence-corrected chi connectivity index (χ1v) is 9.72. The molecule has 1 N–H and O–H groups in total. The third-order valence-corrected chi connectivity index (χ3v) is 4.96. The van der Waals surface area contributed by atoms with E-state index in [0.29, 0.717) is 22.8 Å². The molecule has 2 aromatic carbocycles. The van der Waals surface area contributed by atoms with Gasteiger partial charge < -0.3 is 15.0 Å². The molecule has 30 heavy (non-hydrogen) atoms. The number of amides is 2. The van der Waals surface area contributed by atoms with Crippen LogP contribution in [0.5, 0.6) is 0 Å². The van der Waals surface area contributed by atoms with Crippen LogP contribution in [-0.2, 0) is 27.3 Å². The van der Waals surface area contributed by atoms with Crippen LogP contribution >= 0.6 is 0 Å². The van der Waals surface area contributed by atoms with E-state index in [-0.39, 0.29) is 31.5 Å². The maximum absolute atomic E-state index is 12.7. The van der Waals surface area contributed by atoms with Gasteiger partial charge in [0.2, 0.25) is 5.91 Å². The summed E-state index contributed by atoms with van der Waals surface area (Å²) in [6.07, 6.45) is -4.31. The molecule has 1 aliphatic heterocycles. The van der Waals surface area contributed by atoms with Crippen LogP contribution in [0.2, 0.25) is 0 Å². The van der Waals surface area contributed by atoms with Crippen molar-refractivity contribution in [1.82, 2.24) is 4.90 Å². The molecular weight excluding hydrogens is 397 g/mol. The number of rotatable bonds is 6. The summed E-state index contributed by atoms with van der Waals surface area (Å²) in [7, 11) is 0. The number of hydrogen-bond acceptors (Lipinski definition) is 3. The van der Waals surface area contributed by atoms with Crippen molar-refractivity contribution in [3.05, 3.63) is 65.2 Å². The lowest BCUT2D eigenvalue weighted by Crippen LogP contribution is -2.40. The zero-order valence-corrected chi connectivity index (χ0v) is 16.5. The Hall–Kier alpha value is -2.87. The summed E-state index contributed by atoms with van der Waals surface area (Å²) < 4.78 is 43.9. The summed E-state index contributed by atoms with van der Waals surface area (Å²) in [5.74, 6) is -2.14. The van der Waals surface area contributed by atoms with Crippen LogP contribution in [0.25, 0.3) is 0 Å². The summed E-state index contributed by atoms with van der Waals surface area (Å²) in [6, 6.07) is 14.3. The number of carbonyl (C=O) groups is 2. The molecule has 8 heteroatoms. The topological polar surface area (TPSA) is 58.6 Å².